The highest BCUT2D eigenvalue weighted by molar-refractivity contribution is 7.12. The maximum atomic E-state index is 12.3. The van der Waals surface area contributed by atoms with E-state index in [1.165, 1.54) is 4.88 Å². The third-order valence-electron chi connectivity index (χ3n) is 3.13. The number of rotatable bonds is 4. The minimum absolute atomic E-state index is 0.130. The molecule has 0 N–H and O–H groups in total. The first kappa shape index (κ1) is 12.1. The molecule has 0 aliphatic heterocycles. The number of carbonyl (C=O) groups is 1. The highest BCUT2D eigenvalue weighted by Crippen LogP contribution is 2.20. The molecule has 0 fully saturated rings. The molecule has 0 radical (unpaired) electrons. The van der Waals surface area contributed by atoms with Crippen LogP contribution in [0.15, 0.2) is 42.7 Å². The van der Waals surface area contributed by atoms with Gasteiger partial charge in [-0.15, -0.1) is 11.3 Å². The Morgan fingerprint density at radius 1 is 1.26 bits per heavy atom. The summed E-state index contributed by atoms with van der Waals surface area (Å²) in [5.74, 6) is 0.130. The number of pyridine rings is 1. The fourth-order valence-corrected chi connectivity index (χ4v) is 3.07. The van der Waals surface area contributed by atoms with Crippen molar-refractivity contribution < 1.29 is 4.79 Å². The number of aryl methyl sites for hydroxylation is 1. The van der Waals surface area contributed by atoms with E-state index >= 15 is 0 Å². The minimum Gasteiger partial charge on any atom is -0.294 e. The molecule has 3 aromatic heterocycles. The Labute approximate surface area is 115 Å². The van der Waals surface area contributed by atoms with Crippen molar-refractivity contribution in [3.63, 3.8) is 0 Å². The molecular weight excluding hydrogens is 256 g/mol. The van der Waals surface area contributed by atoms with Gasteiger partial charge < -0.3 is 0 Å². The van der Waals surface area contributed by atoms with Gasteiger partial charge in [0.2, 0.25) is 0 Å². The first-order valence-electron chi connectivity index (χ1n) is 6.31. The van der Waals surface area contributed by atoms with Gasteiger partial charge in [0, 0.05) is 22.4 Å². The van der Waals surface area contributed by atoms with Crippen molar-refractivity contribution in [3.05, 3.63) is 58.0 Å². The summed E-state index contributed by atoms with van der Waals surface area (Å²) < 4.78 is 1.74. The van der Waals surface area contributed by atoms with Crippen molar-refractivity contribution in [3.8, 4) is 0 Å². The fourth-order valence-electron chi connectivity index (χ4n) is 2.11. The smallest absolute Gasteiger partial charge is 0.171 e. The van der Waals surface area contributed by atoms with Gasteiger partial charge >= 0.3 is 0 Å². The zero-order valence-corrected chi connectivity index (χ0v) is 11.5. The summed E-state index contributed by atoms with van der Waals surface area (Å²) in [6.07, 6.45) is 4.99. The molecule has 0 bridgehead atoms. The fraction of sp³-hybridized carbons (Fsp3) is 0.200. The van der Waals surface area contributed by atoms with Gasteiger partial charge in [-0.1, -0.05) is 13.0 Å². The molecule has 0 aliphatic rings. The molecule has 3 aromatic rings. The van der Waals surface area contributed by atoms with Crippen LogP contribution in [0, 0.1) is 0 Å². The lowest BCUT2D eigenvalue weighted by atomic mass is 10.1. The number of ketones is 1. The summed E-state index contributed by atoms with van der Waals surface area (Å²) in [4.78, 5) is 14.8. The molecule has 19 heavy (non-hydrogen) atoms. The quantitative estimate of drug-likeness (QED) is 0.681. The number of Topliss-reactive ketones (excluding diaryl/α,β-unsaturated/α-hetero) is 1. The summed E-state index contributed by atoms with van der Waals surface area (Å²) in [5.41, 5.74) is 1.58. The molecule has 0 spiro atoms. The van der Waals surface area contributed by atoms with E-state index < -0.39 is 0 Å². The summed E-state index contributed by atoms with van der Waals surface area (Å²) >= 11 is 1.72. The van der Waals surface area contributed by atoms with Crippen LogP contribution in [0.3, 0.4) is 0 Å². The zero-order valence-electron chi connectivity index (χ0n) is 10.7. The SMILES string of the molecule is CCc1ccc(CC(=O)c2cnn3ccccc23)s1. The van der Waals surface area contributed by atoms with Crippen LogP contribution in [0.4, 0.5) is 0 Å². The summed E-state index contributed by atoms with van der Waals surface area (Å²) in [6, 6.07) is 9.90. The number of fused-ring (bicyclic) bond motifs is 1. The van der Waals surface area contributed by atoms with Crippen molar-refractivity contribution in [2.24, 2.45) is 0 Å². The molecule has 0 unspecified atom stereocenters. The Morgan fingerprint density at radius 2 is 2.11 bits per heavy atom. The van der Waals surface area contributed by atoms with E-state index in [0.717, 1.165) is 16.8 Å². The molecule has 3 heterocycles. The van der Waals surface area contributed by atoms with E-state index in [9.17, 15) is 4.79 Å². The Bertz CT molecular complexity index is 726. The lowest BCUT2D eigenvalue weighted by molar-refractivity contribution is 0.0995. The third-order valence-corrected chi connectivity index (χ3v) is 4.36. The van der Waals surface area contributed by atoms with Gasteiger partial charge in [0.05, 0.1) is 17.3 Å². The summed E-state index contributed by atoms with van der Waals surface area (Å²) in [7, 11) is 0. The number of hydrogen-bond acceptors (Lipinski definition) is 3. The highest BCUT2D eigenvalue weighted by Gasteiger charge is 2.13. The van der Waals surface area contributed by atoms with E-state index in [1.807, 2.05) is 30.5 Å². The van der Waals surface area contributed by atoms with E-state index in [2.05, 4.69) is 18.1 Å². The molecule has 0 saturated carbocycles. The monoisotopic (exact) mass is 270 g/mol. The van der Waals surface area contributed by atoms with Gasteiger partial charge in [0.15, 0.2) is 5.78 Å². The third kappa shape index (κ3) is 2.31. The predicted molar refractivity (Wildman–Crippen MR) is 76.9 cm³/mol. The van der Waals surface area contributed by atoms with Crippen LogP contribution in [-0.2, 0) is 12.8 Å². The van der Waals surface area contributed by atoms with Gasteiger partial charge in [-0.25, -0.2) is 4.52 Å². The average molecular weight is 270 g/mol. The molecule has 96 valence electrons. The van der Waals surface area contributed by atoms with E-state index in [1.54, 1.807) is 22.0 Å². The lowest BCUT2D eigenvalue weighted by Crippen LogP contribution is -2.01. The van der Waals surface area contributed by atoms with Crippen LogP contribution >= 0.6 is 11.3 Å². The minimum atomic E-state index is 0.130. The second kappa shape index (κ2) is 4.97. The van der Waals surface area contributed by atoms with E-state index in [0.29, 0.717) is 12.0 Å². The van der Waals surface area contributed by atoms with Crippen LogP contribution in [-0.4, -0.2) is 15.4 Å². The van der Waals surface area contributed by atoms with Gasteiger partial charge in [-0.05, 0) is 30.7 Å². The van der Waals surface area contributed by atoms with Crippen molar-refractivity contribution in [1.29, 1.82) is 0 Å². The predicted octanol–water partition coefficient (Wildman–Crippen LogP) is 3.38. The van der Waals surface area contributed by atoms with Crippen LogP contribution in [0.5, 0.6) is 0 Å². The zero-order chi connectivity index (χ0) is 13.2. The molecule has 4 heteroatoms. The highest BCUT2D eigenvalue weighted by atomic mass is 32.1. The molecule has 0 saturated heterocycles. The van der Waals surface area contributed by atoms with Crippen molar-refractivity contribution in [1.82, 2.24) is 9.61 Å². The molecule has 0 aliphatic carbocycles. The van der Waals surface area contributed by atoms with Gasteiger partial charge in [-0.2, -0.15) is 5.10 Å². The lowest BCUT2D eigenvalue weighted by Gasteiger charge is -1.97. The molecule has 3 rings (SSSR count). The number of carbonyl (C=O) groups excluding carboxylic acids is 1. The van der Waals surface area contributed by atoms with Crippen molar-refractivity contribution in [2.75, 3.05) is 0 Å². The second-order valence-corrected chi connectivity index (χ2v) is 5.66. The average Bonchev–Trinajstić information content (AvgIpc) is 3.04. The second-order valence-electron chi connectivity index (χ2n) is 4.41. The first-order valence-corrected chi connectivity index (χ1v) is 7.12. The molecular formula is C15H14N2OS. The van der Waals surface area contributed by atoms with Gasteiger partial charge in [-0.3, -0.25) is 4.79 Å². The Balaban J connectivity index is 1.87. The van der Waals surface area contributed by atoms with Crippen LogP contribution in [0.1, 0.15) is 27.0 Å². The maximum Gasteiger partial charge on any atom is 0.171 e. The molecule has 0 amide bonds. The first-order chi connectivity index (χ1) is 9.28. The number of hydrogen-bond donors (Lipinski definition) is 0. The maximum absolute atomic E-state index is 12.3. The van der Waals surface area contributed by atoms with Gasteiger partial charge in [0.25, 0.3) is 0 Å². The summed E-state index contributed by atoms with van der Waals surface area (Å²) in [6.45, 7) is 2.13. The standard InChI is InChI=1S/C15H14N2OS/c1-2-11-6-7-12(19-11)9-15(18)13-10-16-17-8-4-3-5-14(13)17/h3-8,10H,2,9H2,1H3. The Hall–Kier alpha value is -1.94. The summed E-state index contributed by atoms with van der Waals surface area (Å²) in [5, 5.41) is 4.20. The number of thiophene rings is 1. The number of aromatic nitrogens is 2. The Morgan fingerprint density at radius 3 is 2.89 bits per heavy atom. The largest absolute Gasteiger partial charge is 0.294 e. The Kier molecular flexibility index (Phi) is 3.17. The molecule has 0 aromatic carbocycles. The van der Waals surface area contributed by atoms with Gasteiger partial charge in [0.1, 0.15) is 0 Å². The molecule has 0 atom stereocenters. The topological polar surface area (TPSA) is 34.4 Å². The normalized spacial score (nSPS) is 11.0. The van der Waals surface area contributed by atoms with Crippen LogP contribution < -0.4 is 0 Å². The number of nitrogens with zero attached hydrogens (tertiary/aromatic N) is 2. The van der Waals surface area contributed by atoms with Crippen molar-refractivity contribution >= 4 is 22.6 Å². The van der Waals surface area contributed by atoms with E-state index in [4.69, 9.17) is 0 Å². The van der Waals surface area contributed by atoms with Crippen LogP contribution in [0.25, 0.3) is 5.52 Å². The van der Waals surface area contributed by atoms with E-state index in [-0.39, 0.29) is 5.78 Å². The van der Waals surface area contributed by atoms with Crippen molar-refractivity contribution in [2.45, 2.75) is 19.8 Å². The molecule has 3 nitrogen and oxygen atoms in total. The van der Waals surface area contributed by atoms with Crippen LogP contribution in [0.2, 0.25) is 0 Å².